The van der Waals surface area contributed by atoms with Gasteiger partial charge in [0, 0.05) is 53.2 Å². The van der Waals surface area contributed by atoms with Gasteiger partial charge in [-0.3, -0.25) is 9.80 Å². The molecule has 0 saturated carbocycles. The van der Waals surface area contributed by atoms with Gasteiger partial charge in [-0.1, -0.05) is 56.5 Å². The number of rotatable bonds is 11. The van der Waals surface area contributed by atoms with Crippen LogP contribution in [-0.4, -0.2) is 68.1 Å². The Kier molecular flexibility index (Phi) is 12.0. The Morgan fingerprint density at radius 1 is 1.11 bits per heavy atom. The number of esters is 1. The molecule has 0 spiro atoms. The summed E-state index contributed by atoms with van der Waals surface area (Å²) in [6.45, 7) is 15.7. The fourth-order valence-corrected chi connectivity index (χ4v) is 8.62. The van der Waals surface area contributed by atoms with E-state index in [-0.39, 0.29) is 22.4 Å². The number of hydrogen-bond acceptors (Lipinski definition) is 8. The van der Waals surface area contributed by atoms with Crippen molar-refractivity contribution >= 4 is 54.0 Å². The summed E-state index contributed by atoms with van der Waals surface area (Å²) in [5.41, 5.74) is 4.52. The summed E-state index contributed by atoms with van der Waals surface area (Å²) < 4.78 is 11.9. The Balaban J connectivity index is 1.47. The van der Waals surface area contributed by atoms with Gasteiger partial charge >= 0.3 is 5.97 Å². The fourth-order valence-electron chi connectivity index (χ4n) is 4.71. The monoisotopic (exact) mass is 668 g/mol. The maximum Gasteiger partial charge on any atom is 0.348 e. The van der Waals surface area contributed by atoms with Crippen LogP contribution < -0.4 is 0 Å². The molecule has 1 aromatic carbocycles. The SMILES string of the molecule is COC(=O)c1ccc(CCN2C(=O)SCCN2CCC(Cc2cccc(C#Cc3cscc3C)c2)O[Si](C)(C)C(C)(C)C)s1. The van der Waals surface area contributed by atoms with Crippen LogP contribution in [0, 0.1) is 18.8 Å². The van der Waals surface area contributed by atoms with E-state index in [1.54, 1.807) is 17.4 Å². The number of nitrogens with zero attached hydrogens (tertiary/aromatic N) is 2. The van der Waals surface area contributed by atoms with Crippen LogP contribution in [0.5, 0.6) is 0 Å². The topological polar surface area (TPSA) is 59.1 Å². The molecule has 1 fully saturated rings. The average Bonchev–Trinajstić information content (AvgIpc) is 3.62. The molecule has 2 aromatic heterocycles. The van der Waals surface area contributed by atoms with E-state index in [0.717, 1.165) is 47.7 Å². The number of aryl methyl sites for hydroxylation is 1. The third-order valence-electron chi connectivity index (χ3n) is 8.31. The summed E-state index contributed by atoms with van der Waals surface area (Å²) in [7, 11) is -0.654. The van der Waals surface area contributed by atoms with E-state index in [4.69, 9.17) is 9.16 Å². The van der Waals surface area contributed by atoms with Crippen LogP contribution in [0.15, 0.2) is 47.2 Å². The quantitative estimate of drug-likeness (QED) is 0.117. The smallest absolute Gasteiger partial charge is 0.348 e. The highest BCUT2D eigenvalue weighted by Gasteiger charge is 2.39. The van der Waals surface area contributed by atoms with Crippen LogP contribution in [0.2, 0.25) is 18.1 Å². The summed E-state index contributed by atoms with van der Waals surface area (Å²) in [6.07, 6.45) is 2.31. The van der Waals surface area contributed by atoms with Crippen LogP contribution in [0.25, 0.3) is 0 Å². The van der Waals surface area contributed by atoms with Crippen molar-refractivity contribution in [3.8, 4) is 11.8 Å². The van der Waals surface area contributed by atoms with Gasteiger partial charge in [-0.2, -0.15) is 11.3 Å². The highest BCUT2D eigenvalue weighted by Crippen LogP contribution is 2.38. The molecule has 3 heterocycles. The first kappa shape index (κ1) is 34.5. The van der Waals surface area contributed by atoms with Gasteiger partial charge in [-0.05, 0) is 78.7 Å². The van der Waals surface area contributed by atoms with Crippen molar-refractivity contribution in [3.05, 3.63) is 79.2 Å². The standard InChI is InChI=1S/C34H44N2O4S3Si/c1-25-23-41-24-28(25)12-11-26-9-8-10-27(21-26)22-29(40-44(6,7)34(2,3)4)15-17-35-19-20-42-33(38)36(35)18-16-30-13-14-31(43-30)32(37)39-5/h8-10,13-14,21,23-24,29H,15-20,22H2,1-7H3. The minimum absolute atomic E-state index is 0.0182. The Bertz CT molecular complexity index is 1500. The van der Waals surface area contributed by atoms with E-state index in [2.05, 4.69) is 92.7 Å². The maximum absolute atomic E-state index is 13.0. The number of benzene rings is 1. The molecular formula is C34H44N2O4S3Si. The molecule has 6 nitrogen and oxygen atoms in total. The predicted molar refractivity (Wildman–Crippen MR) is 187 cm³/mol. The average molecular weight is 669 g/mol. The molecule has 236 valence electrons. The highest BCUT2D eigenvalue weighted by molar-refractivity contribution is 8.13. The zero-order chi connectivity index (χ0) is 31.9. The lowest BCUT2D eigenvalue weighted by atomic mass is 10.0. The van der Waals surface area contributed by atoms with Crippen LogP contribution in [0.1, 0.15) is 64.0 Å². The molecule has 1 unspecified atom stereocenters. The van der Waals surface area contributed by atoms with Crippen molar-refractivity contribution in [3.63, 3.8) is 0 Å². The molecule has 1 aliphatic rings. The van der Waals surface area contributed by atoms with Gasteiger partial charge in [0.15, 0.2) is 8.32 Å². The van der Waals surface area contributed by atoms with Crippen LogP contribution in [0.3, 0.4) is 0 Å². The van der Waals surface area contributed by atoms with Gasteiger partial charge < -0.3 is 9.16 Å². The number of hydrazine groups is 1. The first-order valence-corrected chi connectivity index (χ1v) is 20.7. The summed E-state index contributed by atoms with van der Waals surface area (Å²) in [5, 5.41) is 8.47. The van der Waals surface area contributed by atoms with E-state index in [0.29, 0.717) is 17.8 Å². The van der Waals surface area contributed by atoms with Crippen molar-refractivity contribution in [1.82, 2.24) is 10.0 Å². The summed E-state index contributed by atoms with van der Waals surface area (Å²) in [4.78, 5) is 26.6. The normalized spacial score (nSPS) is 15.2. The van der Waals surface area contributed by atoms with Crippen molar-refractivity contribution in [1.29, 1.82) is 0 Å². The first-order chi connectivity index (χ1) is 20.9. The number of thioether (sulfide) groups is 1. The van der Waals surface area contributed by atoms with Gasteiger partial charge in [0.05, 0.1) is 13.2 Å². The number of carbonyl (C=O) groups excluding carboxylic acids is 2. The number of carbonyl (C=O) groups is 2. The van der Waals surface area contributed by atoms with Crippen LogP contribution in [-0.2, 0) is 22.0 Å². The molecule has 1 aliphatic heterocycles. The summed E-state index contributed by atoms with van der Waals surface area (Å²) in [5.74, 6) is 7.13. The van der Waals surface area contributed by atoms with Crippen molar-refractivity contribution in [2.75, 3.05) is 32.5 Å². The molecule has 0 radical (unpaired) electrons. The van der Waals surface area contributed by atoms with E-state index >= 15 is 0 Å². The Hall–Kier alpha value is -2.39. The zero-order valence-corrected chi connectivity index (χ0v) is 30.3. The lowest BCUT2D eigenvalue weighted by Gasteiger charge is -2.41. The van der Waals surface area contributed by atoms with Crippen molar-refractivity contribution in [2.45, 2.75) is 71.2 Å². The lowest BCUT2D eigenvalue weighted by Crippen LogP contribution is -2.51. The van der Waals surface area contributed by atoms with E-state index in [1.165, 1.54) is 41.3 Å². The van der Waals surface area contributed by atoms with E-state index in [9.17, 15) is 9.59 Å². The minimum Gasteiger partial charge on any atom is -0.465 e. The van der Waals surface area contributed by atoms with Gasteiger partial charge in [-0.15, -0.1) is 11.3 Å². The fraction of sp³-hybridized carbons (Fsp3) is 0.471. The first-order valence-electron chi connectivity index (χ1n) is 15.0. The molecule has 3 aromatic rings. The van der Waals surface area contributed by atoms with Gasteiger partial charge in [0.1, 0.15) is 4.88 Å². The zero-order valence-electron chi connectivity index (χ0n) is 26.9. The molecule has 0 N–H and O–H groups in total. The second kappa shape index (κ2) is 15.3. The molecule has 1 atom stereocenters. The second-order valence-electron chi connectivity index (χ2n) is 12.6. The molecule has 0 aliphatic carbocycles. The Morgan fingerprint density at radius 2 is 1.91 bits per heavy atom. The maximum atomic E-state index is 13.0. The third kappa shape index (κ3) is 9.32. The largest absolute Gasteiger partial charge is 0.465 e. The number of amides is 1. The summed E-state index contributed by atoms with van der Waals surface area (Å²) >= 11 is 4.48. The Morgan fingerprint density at radius 3 is 2.61 bits per heavy atom. The van der Waals surface area contributed by atoms with Crippen molar-refractivity contribution < 1.29 is 18.8 Å². The Labute approximate surface area is 276 Å². The minimum atomic E-state index is -2.05. The third-order valence-corrected chi connectivity index (χ3v) is 15.7. The molecule has 1 saturated heterocycles. The second-order valence-corrected chi connectivity index (χ2v) is 20.3. The van der Waals surface area contributed by atoms with Crippen LogP contribution >= 0.6 is 34.4 Å². The van der Waals surface area contributed by atoms with Gasteiger partial charge in [0.2, 0.25) is 0 Å². The number of methoxy groups -OCH3 is 1. The molecular weight excluding hydrogens is 625 g/mol. The molecule has 0 bridgehead atoms. The number of hydrogen-bond donors (Lipinski definition) is 0. The van der Waals surface area contributed by atoms with Crippen molar-refractivity contribution in [2.24, 2.45) is 0 Å². The molecule has 10 heteroatoms. The number of ether oxygens (including phenoxy) is 1. The number of thiophene rings is 2. The molecule has 44 heavy (non-hydrogen) atoms. The predicted octanol–water partition coefficient (Wildman–Crippen LogP) is 8.26. The lowest BCUT2D eigenvalue weighted by molar-refractivity contribution is 0.0161. The van der Waals surface area contributed by atoms with E-state index in [1.807, 2.05) is 11.1 Å². The molecule has 4 rings (SSSR count). The molecule has 1 amide bonds. The van der Waals surface area contributed by atoms with Gasteiger partial charge in [0.25, 0.3) is 5.24 Å². The van der Waals surface area contributed by atoms with E-state index < -0.39 is 8.32 Å². The van der Waals surface area contributed by atoms with Gasteiger partial charge in [-0.25, -0.2) is 9.80 Å². The highest BCUT2D eigenvalue weighted by atomic mass is 32.2. The van der Waals surface area contributed by atoms with Crippen LogP contribution in [0.4, 0.5) is 4.79 Å². The summed E-state index contributed by atoms with van der Waals surface area (Å²) in [6, 6.07) is 12.3.